The maximum atomic E-state index is 4.06. The lowest BCUT2D eigenvalue weighted by molar-refractivity contribution is 1.18. The van der Waals surface area contributed by atoms with Crippen molar-refractivity contribution in [3.63, 3.8) is 0 Å². The van der Waals surface area contributed by atoms with Gasteiger partial charge in [-0.15, -0.1) is 11.3 Å². The first-order valence-electron chi connectivity index (χ1n) is 4.32. The molecule has 0 fully saturated rings. The molecule has 3 rings (SSSR count). The van der Waals surface area contributed by atoms with Gasteiger partial charge >= 0.3 is 0 Å². The Kier molecular flexibility index (Phi) is 1.64. The maximum absolute atomic E-state index is 4.06. The molecule has 0 bridgehead atoms. The van der Waals surface area contributed by atoms with E-state index in [0.717, 1.165) is 10.4 Å². The van der Waals surface area contributed by atoms with Crippen LogP contribution in [0.15, 0.2) is 43.0 Å². The minimum atomic E-state index is 1.14. The van der Waals surface area contributed by atoms with Crippen LogP contribution in [-0.2, 0) is 0 Å². The van der Waals surface area contributed by atoms with Gasteiger partial charge in [0.15, 0.2) is 0 Å². The molecule has 14 heavy (non-hydrogen) atoms. The van der Waals surface area contributed by atoms with E-state index in [-0.39, 0.29) is 0 Å². The summed E-state index contributed by atoms with van der Waals surface area (Å²) in [5.41, 5.74) is 1.14. The van der Waals surface area contributed by atoms with E-state index in [4.69, 9.17) is 0 Å². The normalized spacial score (nSPS) is 10.9. The van der Waals surface area contributed by atoms with Crippen LogP contribution in [0.5, 0.6) is 0 Å². The number of nitrogens with zero attached hydrogens (tertiary/aromatic N) is 2. The molecule has 0 aliphatic heterocycles. The second kappa shape index (κ2) is 2.96. The highest BCUT2D eigenvalue weighted by Crippen LogP contribution is 2.27. The van der Waals surface area contributed by atoms with Gasteiger partial charge in [-0.05, 0) is 6.07 Å². The second-order valence-corrected chi connectivity index (χ2v) is 4.07. The molecule has 1 radical (unpaired) electrons. The lowest BCUT2D eigenvalue weighted by Gasteiger charge is -1.92. The van der Waals surface area contributed by atoms with Gasteiger partial charge in [-0.3, -0.25) is 4.40 Å². The second-order valence-electron chi connectivity index (χ2n) is 3.01. The van der Waals surface area contributed by atoms with E-state index in [1.807, 2.05) is 35.1 Å². The van der Waals surface area contributed by atoms with E-state index >= 15 is 0 Å². The van der Waals surface area contributed by atoms with Crippen molar-refractivity contribution in [2.75, 3.05) is 0 Å². The predicted octanol–water partition coefficient (Wildman–Crippen LogP) is 2.86. The SMILES string of the molecule is [c]1ccccc1-c1cn2cncc2s1. The third-order valence-electron chi connectivity index (χ3n) is 2.08. The van der Waals surface area contributed by atoms with Gasteiger partial charge in [-0.25, -0.2) is 4.98 Å². The first-order chi connectivity index (χ1) is 6.93. The number of hydrogen-bond donors (Lipinski definition) is 0. The summed E-state index contributed by atoms with van der Waals surface area (Å²) in [5, 5.41) is 0. The Bertz CT molecular complexity index is 522. The Morgan fingerprint density at radius 2 is 2.36 bits per heavy atom. The highest BCUT2D eigenvalue weighted by atomic mass is 32.1. The van der Waals surface area contributed by atoms with Crippen molar-refractivity contribution in [1.29, 1.82) is 0 Å². The fraction of sp³-hybridized carbons (Fsp3) is 0. The standard InChI is InChI=1S/C11H7N2S/c1-2-4-9(5-3-1)10-7-13-8-12-6-11(13)14-10/h1-4,6-8H. The van der Waals surface area contributed by atoms with Gasteiger partial charge in [0.2, 0.25) is 0 Å². The molecule has 1 aromatic carbocycles. The number of imidazole rings is 1. The van der Waals surface area contributed by atoms with E-state index in [9.17, 15) is 0 Å². The van der Waals surface area contributed by atoms with Crippen molar-refractivity contribution >= 4 is 16.2 Å². The molecule has 0 atom stereocenters. The molecule has 0 amide bonds. The molecule has 0 spiro atoms. The Morgan fingerprint density at radius 1 is 1.36 bits per heavy atom. The lowest BCUT2D eigenvalue weighted by atomic mass is 10.2. The van der Waals surface area contributed by atoms with Crippen LogP contribution in [0.3, 0.4) is 0 Å². The van der Waals surface area contributed by atoms with Crippen LogP contribution < -0.4 is 0 Å². The Hall–Kier alpha value is -1.61. The number of aromatic nitrogens is 2. The number of rotatable bonds is 1. The molecule has 2 aromatic heterocycles. The monoisotopic (exact) mass is 199 g/mol. The molecular formula is C11H7N2S. The molecule has 67 valence electrons. The molecule has 3 aromatic rings. The molecule has 3 heteroatoms. The van der Waals surface area contributed by atoms with E-state index in [2.05, 4.69) is 23.3 Å². The molecule has 0 aliphatic rings. The van der Waals surface area contributed by atoms with Crippen LogP contribution in [0.25, 0.3) is 15.3 Å². The Morgan fingerprint density at radius 3 is 3.14 bits per heavy atom. The number of thiazole rings is 1. The largest absolute Gasteiger partial charge is 0.296 e. The van der Waals surface area contributed by atoms with Crippen molar-refractivity contribution in [2.24, 2.45) is 0 Å². The van der Waals surface area contributed by atoms with Crippen LogP contribution in [-0.4, -0.2) is 9.38 Å². The summed E-state index contributed by atoms with van der Waals surface area (Å²) in [7, 11) is 0. The Labute approximate surface area is 85.5 Å². The molecule has 0 saturated heterocycles. The summed E-state index contributed by atoms with van der Waals surface area (Å²) in [6.07, 6.45) is 5.77. The van der Waals surface area contributed by atoms with Crippen molar-refractivity contribution in [3.05, 3.63) is 49.1 Å². The first kappa shape index (κ1) is 7.76. The zero-order valence-corrected chi connectivity index (χ0v) is 8.16. The molecule has 2 nitrogen and oxygen atoms in total. The molecule has 0 saturated carbocycles. The van der Waals surface area contributed by atoms with E-state index in [1.165, 1.54) is 4.88 Å². The highest BCUT2D eigenvalue weighted by molar-refractivity contribution is 7.20. The van der Waals surface area contributed by atoms with Crippen molar-refractivity contribution < 1.29 is 0 Å². The van der Waals surface area contributed by atoms with E-state index < -0.39 is 0 Å². The Balaban J connectivity index is 2.19. The number of benzene rings is 1. The van der Waals surface area contributed by atoms with Crippen LogP contribution in [0.4, 0.5) is 0 Å². The van der Waals surface area contributed by atoms with Gasteiger partial charge in [0.25, 0.3) is 0 Å². The summed E-state index contributed by atoms with van der Waals surface area (Å²) < 4.78 is 2.03. The maximum Gasteiger partial charge on any atom is 0.120 e. The van der Waals surface area contributed by atoms with Gasteiger partial charge in [-0.1, -0.05) is 24.3 Å². The highest BCUT2D eigenvalue weighted by Gasteiger charge is 2.02. The van der Waals surface area contributed by atoms with Gasteiger partial charge in [-0.2, -0.15) is 0 Å². The smallest absolute Gasteiger partial charge is 0.120 e. The van der Waals surface area contributed by atoms with E-state index in [0.29, 0.717) is 0 Å². The fourth-order valence-corrected chi connectivity index (χ4v) is 2.35. The molecule has 0 N–H and O–H groups in total. The summed E-state index contributed by atoms with van der Waals surface area (Å²) in [5.74, 6) is 0. The summed E-state index contributed by atoms with van der Waals surface area (Å²) in [6, 6.07) is 11.2. The third kappa shape index (κ3) is 1.14. The van der Waals surface area contributed by atoms with Gasteiger partial charge in [0.05, 0.1) is 17.4 Å². The lowest BCUT2D eigenvalue weighted by Crippen LogP contribution is -1.72. The average Bonchev–Trinajstić information content (AvgIpc) is 2.78. The van der Waals surface area contributed by atoms with Gasteiger partial charge in [0.1, 0.15) is 4.83 Å². The third-order valence-corrected chi connectivity index (χ3v) is 3.15. The summed E-state index contributed by atoms with van der Waals surface area (Å²) in [4.78, 5) is 6.45. The molecule has 2 heterocycles. The van der Waals surface area contributed by atoms with Gasteiger partial charge < -0.3 is 0 Å². The summed E-state index contributed by atoms with van der Waals surface area (Å²) in [6.45, 7) is 0. The zero-order valence-electron chi connectivity index (χ0n) is 7.34. The minimum Gasteiger partial charge on any atom is -0.296 e. The first-order valence-corrected chi connectivity index (χ1v) is 5.14. The van der Waals surface area contributed by atoms with Crippen LogP contribution >= 0.6 is 11.3 Å². The fourth-order valence-electron chi connectivity index (χ4n) is 1.40. The van der Waals surface area contributed by atoms with Crippen LogP contribution in [0.1, 0.15) is 0 Å². The van der Waals surface area contributed by atoms with Gasteiger partial charge in [0, 0.05) is 11.8 Å². The quantitative estimate of drug-likeness (QED) is 0.589. The van der Waals surface area contributed by atoms with Crippen LogP contribution in [0, 0.1) is 6.07 Å². The average molecular weight is 199 g/mol. The minimum absolute atomic E-state index is 1.14. The molecule has 0 aliphatic carbocycles. The van der Waals surface area contributed by atoms with E-state index in [1.54, 1.807) is 11.3 Å². The van der Waals surface area contributed by atoms with Crippen molar-refractivity contribution in [3.8, 4) is 10.4 Å². The predicted molar refractivity (Wildman–Crippen MR) is 57.3 cm³/mol. The summed E-state index contributed by atoms with van der Waals surface area (Å²) >= 11 is 1.73. The van der Waals surface area contributed by atoms with Crippen molar-refractivity contribution in [1.82, 2.24) is 9.38 Å². The van der Waals surface area contributed by atoms with Crippen LogP contribution in [0.2, 0.25) is 0 Å². The number of hydrogen-bond acceptors (Lipinski definition) is 2. The topological polar surface area (TPSA) is 17.3 Å². The molecular weight excluding hydrogens is 192 g/mol. The molecule has 0 unspecified atom stereocenters. The zero-order chi connectivity index (χ0) is 9.38. The van der Waals surface area contributed by atoms with Crippen molar-refractivity contribution in [2.45, 2.75) is 0 Å². The number of fused-ring (bicyclic) bond motifs is 1.